The first-order valence-corrected chi connectivity index (χ1v) is 36.3. The molecule has 0 spiro atoms. The van der Waals surface area contributed by atoms with E-state index in [2.05, 4.69) is 45.1 Å². The van der Waals surface area contributed by atoms with Gasteiger partial charge in [-0.25, -0.2) is 0 Å². The molecule has 6 heteroatoms. The SMILES string of the molecule is CCCCCCC/C=C\C/C=C\CCCCCCCCCCCCCCCCCC(=O)OCC(COC(=O)CCCCCCCCCCCCCCCCC)OC(=O)CCCCCCCCCCCCCCCCCCCCCC. The molecule has 0 radical (unpaired) electrons. The van der Waals surface area contributed by atoms with Gasteiger partial charge >= 0.3 is 17.9 Å². The highest BCUT2D eigenvalue weighted by atomic mass is 16.6. The molecule has 0 N–H and O–H groups in total. The average molecular weight is 1130 g/mol. The molecule has 0 bridgehead atoms. The smallest absolute Gasteiger partial charge is 0.306 e. The number of esters is 3. The fourth-order valence-corrected chi connectivity index (χ4v) is 11.2. The Morgan fingerprint density at radius 2 is 0.450 bits per heavy atom. The lowest BCUT2D eigenvalue weighted by atomic mass is 10.0. The van der Waals surface area contributed by atoms with Crippen LogP contribution in [0.3, 0.4) is 0 Å². The van der Waals surface area contributed by atoms with Crippen LogP contribution in [-0.2, 0) is 28.6 Å². The number of hydrogen-bond acceptors (Lipinski definition) is 6. The van der Waals surface area contributed by atoms with Crippen LogP contribution < -0.4 is 0 Å². The standard InChI is InChI=1S/C74H140O6/c1-4-7-10-13-16-19-22-25-28-30-32-34-35-36-37-38-39-40-42-43-46-49-52-55-58-61-64-67-73(76)79-70-71(69-78-72(75)66-63-60-57-54-51-48-45-27-24-21-18-15-12-9-6-3)80-74(77)68-65-62-59-56-53-50-47-44-41-33-31-29-26-23-20-17-14-11-8-5-2/h22,25,30,32,71H,4-21,23-24,26-29,31,33-70H2,1-3H3/b25-22-,32-30-. The zero-order valence-corrected chi connectivity index (χ0v) is 54.4. The van der Waals surface area contributed by atoms with Crippen LogP contribution in [0.1, 0.15) is 412 Å². The maximum absolute atomic E-state index is 13.0. The monoisotopic (exact) mass is 1130 g/mol. The number of unbranched alkanes of at least 4 members (excludes halogenated alkanes) is 53. The van der Waals surface area contributed by atoms with Gasteiger partial charge in [-0.1, -0.05) is 366 Å². The van der Waals surface area contributed by atoms with Crippen LogP contribution in [0, 0.1) is 0 Å². The van der Waals surface area contributed by atoms with Gasteiger partial charge in [0.15, 0.2) is 6.10 Å². The van der Waals surface area contributed by atoms with Crippen LogP contribution in [0.25, 0.3) is 0 Å². The first kappa shape index (κ1) is 77.9. The van der Waals surface area contributed by atoms with E-state index in [1.165, 1.54) is 308 Å². The van der Waals surface area contributed by atoms with E-state index in [9.17, 15) is 14.4 Å². The Morgan fingerprint density at radius 3 is 0.688 bits per heavy atom. The lowest BCUT2D eigenvalue weighted by molar-refractivity contribution is -0.167. The minimum atomic E-state index is -0.767. The number of carbonyl (C=O) groups excluding carboxylic acids is 3. The van der Waals surface area contributed by atoms with Crippen LogP contribution in [0.5, 0.6) is 0 Å². The normalized spacial score (nSPS) is 12.1. The Kier molecular flexibility index (Phi) is 67.6. The molecule has 0 aliphatic heterocycles. The van der Waals surface area contributed by atoms with E-state index < -0.39 is 6.10 Å². The number of carbonyl (C=O) groups is 3. The third-order valence-electron chi connectivity index (χ3n) is 16.7. The second-order valence-electron chi connectivity index (χ2n) is 24.9. The molecule has 0 fully saturated rings. The van der Waals surface area contributed by atoms with E-state index in [-0.39, 0.29) is 31.1 Å². The topological polar surface area (TPSA) is 78.9 Å². The van der Waals surface area contributed by atoms with Crippen molar-refractivity contribution in [2.75, 3.05) is 13.2 Å². The Morgan fingerprint density at radius 1 is 0.250 bits per heavy atom. The maximum atomic E-state index is 13.0. The van der Waals surface area contributed by atoms with Gasteiger partial charge in [-0.2, -0.15) is 0 Å². The highest BCUT2D eigenvalue weighted by molar-refractivity contribution is 5.71. The van der Waals surface area contributed by atoms with Crippen LogP contribution in [0.2, 0.25) is 0 Å². The summed E-state index contributed by atoms with van der Waals surface area (Å²) in [4.78, 5) is 38.5. The number of rotatable bonds is 68. The molecule has 0 aromatic rings. The summed E-state index contributed by atoms with van der Waals surface area (Å²) in [5.74, 6) is -0.827. The molecule has 0 rings (SSSR count). The molecule has 472 valence electrons. The molecular formula is C74H140O6. The van der Waals surface area contributed by atoms with Crippen LogP contribution in [0.15, 0.2) is 24.3 Å². The Labute approximate surface area is 500 Å². The Hall–Kier alpha value is -2.11. The summed E-state index contributed by atoms with van der Waals surface area (Å²) in [5.41, 5.74) is 0. The summed E-state index contributed by atoms with van der Waals surface area (Å²) in [6.07, 6.45) is 84.9. The highest BCUT2D eigenvalue weighted by Gasteiger charge is 2.19. The molecular weight excluding hydrogens is 985 g/mol. The molecule has 80 heavy (non-hydrogen) atoms. The van der Waals surface area contributed by atoms with Gasteiger partial charge in [-0.15, -0.1) is 0 Å². The maximum Gasteiger partial charge on any atom is 0.306 e. The van der Waals surface area contributed by atoms with E-state index in [1.807, 2.05) is 0 Å². The predicted octanol–water partition coefficient (Wildman–Crippen LogP) is 25.0. The third kappa shape index (κ3) is 66.7. The molecule has 0 aromatic carbocycles. The van der Waals surface area contributed by atoms with Gasteiger partial charge in [0.05, 0.1) is 0 Å². The lowest BCUT2D eigenvalue weighted by Gasteiger charge is -2.18. The summed E-state index contributed by atoms with van der Waals surface area (Å²) < 4.78 is 17.0. The van der Waals surface area contributed by atoms with Crippen LogP contribution in [-0.4, -0.2) is 37.2 Å². The summed E-state index contributed by atoms with van der Waals surface area (Å²) in [6, 6.07) is 0. The fourth-order valence-electron chi connectivity index (χ4n) is 11.2. The number of allylic oxidation sites excluding steroid dienone is 4. The van der Waals surface area contributed by atoms with Crippen molar-refractivity contribution >= 4 is 17.9 Å². The molecule has 0 aliphatic carbocycles. The summed E-state index contributed by atoms with van der Waals surface area (Å²) in [6.45, 7) is 6.72. The molecule has 0 saturated carbocycles. The first-order valence-electron chi connectivity index (χ1n) is 36.3. The Bertz CT molecular complexity index is 1290. The summed E-state index contributed by atoms with van der Waals surface area (Å²) >= 11 is 0. The van der Waals surface area contributed by atoms with Crippen LogP contribution >= 0.6 is 0 Å². The van der Waals surface area contributed by atoms with Gasteiger partial charge in [-0.05, 0) is 51.4 Å². The van der Waals surface area contributed by atoms with E-state index >= 15 is 0 Å². The second kappa shape index (κ2) is 69.4. The Balaban J connectivity index is 4.22. The molecule has 0 saturated heterocycles. The van der Waals surface area contributed by atoms with Crippen molar-refractivity contribution in [3.8, 4) is 0 Å². The van der Waals surface area contributed by atoms with Gasteiger partial charge in [0, 0.05) is 19.3 Å². The molecule has 0 aromatic heterocycles. The third-order valence-corrected chi connectivity index (χ3v) is 16.7. The fraction of sp³-hybridized carbons (Fsp3) is 0.905. The summed E-state index contributed by atoms with van der Waals surface area (Å²) in [5, 5.41) is 0. The zero-order chi connectivity index (χ0) is 57.8. The summed E-state index contributed by atoms with van der Waals surface area (Å²) in [7, 11) is 0. The van der Waals surface area contributed by atoms with Crippen molar-refractivity contribution in [2.24, 2.45) is 0 Å². The van der Waals surface area contributed by atoms with Crippen molar-refractivity contribution in [2.45, 2.75) is 419 Å². The van der Waals surface area contributed by atoms with E-state index in [4.69, 9.17) is 14.2 Å². The quantitative estimate of drug-likeness (QED) is 0.0261. The molecule has 6 nitrogen and oxygen atoms in total. The van der Waals surface area contributed by atoms with E-state index in [1.54, 1.807) is 0 Å². The molecule has 1 unspecified atom stereocenters. The number of ether oxygens (including phenoxy) is 3. The molecule has 0 heterocycles. The molecule has 0 amide bonds. The van der Waals surface area contributed by atoms with Gasteiger partial charge in [0.2, 0.25) is 0 Å². The minimum absolute atomic E-state index is 0.0633. The van der Waals surface area contributed by atoms with Crippen molar-refractivity contribution in [3.05, 3.63) is 24.3 Å². The van der Waals surface area contributed by atoms with Crippen molar-refractivity contribution in [3.63, 3.8) is 0 Å². The molecule has 0 aliphatic rings. The van der Waals surface area contributed by atoms with Gasteiger partial charge < -0.3 is 14.2 Å². The van der Waals surface area contributed by atoms with Gasteiger partial charge in [0.25, 0.3) is 0 Å². The van der Waals surface area contributed by atoms with Gasteiger partial charge in [-0.3, -0.25) is 14.4 Å². The first-order chi connectivity index (χ1) is 39.5. The van der Waals surface area contributed by atoms with Crippen LogP contribution in [0.4, 0.5) is 0 Å². The van der Waals surface area contributed by atoms with Crippen molar-refractivity contribution in [1.82, 2.24) is 0 Å². The second-order valence-corrected chi connectivity index (χ2v) is 24.9. The van der Waals surface area contributed by atoms with E-state index in [0.29, 0.717) is 19.3 Å². The highest BCUT2D eigenvalue weighted by Crippen LogP contribution is 2.19. The zero-order valence-electron chi connectivity index (χ0n) is 54.4. The largest absolute Gasteiger partial charge is 0.462 e. The average Bonchev–Trinajstić information content (AvgIpc) is 3.46. The predicted molar refractivity (Wildman–Crippen MR) is 349 cm³/mol. The van der Waals surface area contributed by atoms with E-state index in [0.717, 1.165) is 64.2 Å². The minimum Gasteiger partial charge on any atom is -0.462 e. The molecule has 1 atom stereocenters. The van der Waals surface area contributed by atoms with Gasteiger partial charge in [0.1, 0.15) is 13.2 Å². The van der Waals surface area contributed by atoms with Crippen molar-refractivity contribution < 1.29 is 28.6 Å². The number of hydrogen-bond donors (Lipinski definition) is 0. The van der Waals surface area contributed by atoms with Crippen molar-refractivity contribution in [1.29, 1.82) is 0 Å². The lowest BCUT2D eigenvalue weighted by Crippen LogP contribution is -2.30.